The van der Waals surface area contributed by atoms with Gasteiger partial charge < -0.3 is 5.73 Å². The molecule has 1 rings (SSSR count). The smallest absolute Gasteiger partial charge is 0.0905 e. The quantitative estimate of drug-likeness (QED) is 0.520. The lowest BCUT2D eigenvalue weighted by Crippen LogP contribution is -2.07. The van der Waals surface area contributed by atoms with E-state index in [9.17, 15) is 0 Å². The number of rotatable bonds is 3. The molecule has 0 fully saturated rings. The summed E-state index contributed by atoms with van der Waals surface area (Å²) in [6.45, 7) is 2.53. The maximum Gasteiger partial charge on any atom is 0.0905 e. The summed E-state index contributed by atoms with van der Waals surface area (Å²) < 4.78 is 1.85. The highest BCUT2D eigenvalue weighted by Gasteiger charge is 1.95. The van der Waals surface area contributed by atoms with Gasteiger partial charge in [0.1, 0.15) is 0 Å². The second kappa shape index (κ2) is 3.90. The molecule has 4 nitrogen and oxygen atoms in total. The first-order valence-corrected chi connectivity index (χ1v) is 3.93. The van der Waals surface area contributed by atoms with Crippen LogP contribution in [0.4, 0.5) is 0 Å². The number of hydrogen-bond donors (Lipinski definition) is 1. The topological polar surface area (TPSA) is 56.2 Å². The number of nitrogens with two attached hydrogens (primary N) is 1. The van der Waals surface area contributed by atoms with E-state index in [0.29, 0.717) is 5.84 Å². The minimum Gasteiger partial charge on any atom is -0.388 e. The van der Waals surface area contributed by atoms with Crippen molar-refractivity contribution in [3.05, 3.63) is 18.0 Å². The lowest BCUT2D eigenvalue weighted by atomic mass is 10.3. The first-order valence-electron chi connectivity index (χ1n) is 3.93. The number of aliphatic imine (C=N–C) groups is 1. The predicted octanol–water partition coefficient (Wildman–Crippen LogP) is 0.340. The second-order valence-corrected chi connectivity index (χ2v) is 2.72. The van der Waals surface area contributed by atoms with E-state index in [1.54, 1.807) is 13.1 Å². The zero-order valence-electron chi connectivity index (χ0n) is 7.49. The maximum atomic E-state index is 5.40. The highest BCUT2D eigenvalue weighted by molar-refractivity contribution is 5.77. The van der Waals surface area contributed by atoms with Crippen molar-refractivity contribution < 1.29 is 0 Å². The van der Waals surface area contributed by atoms with Crippen LogP contribution in [0.5, 0.6) is 0 Å². The molecule has 0 amide bonds. The third-order valence-electron chi connectivity index (χ3n) is 1.65. The Balaban J connectivity index is 2.44. The third kappa shape index (κ3) is 2.38. The summed E-state index contributed by atoms with van der Waals surface area (Å²) >= 11 is 0. The number of aromatic nitrogens is 2. The Kier molecular flexibility index (Phi) is 2.85. The molecule has 0 atom stereocenters. The van der Waals surface area contributed by atoms with Gasteiger partial charge in [-0.3, -0.25) is 9.67 Å². The molecule has 0 unspecified atom stereocenters. The summed E-state index contributed by atoms with van der Waals surface area (Å²) in [7, 11) is 1.92. The summed E-state index contributed by atoms with van der Waals surface area (Å²) in [6, 6.07) is 1.99. The zero-order valence-corrected chi connectivity index (χ0v) is 7.49. The Morgan fingerprint density at radius 2 is 2.50 bits per heavy atom. The van der Waals surface area contributed by atoms with E-state index in [1.165, 1.54) is 5.69 Å². The van der Waals surface area contributed by atoms with Gasteiger partial charge in [-0.15, -0.1) is 0 Å². The Morgan fingerprint density at radius 1 is 1.75 bits per heavy atom. The van der Waals surface area contributed by atoms with Gasteiger partial charge in [0.2, 0.25) is 0 Å². The van der Waals surface area contributed by atoms with Crippen molar-refractivity contribution in [3.8, 4) is 0 Å². The monoisotopic (exact) mass is 166 g/mol. The molecule has 0 aliphatic carbocycles. The van der Waals surface area contributed by atoms with Crippen LogP contribution < -0.4 is 5.73 Å². The average molecular weight is 166 g/mol. The van der Waals surface area contributed by atoms with Crippen LogP contribution in [0, 0.1) is 0 Å². The van der Waals surface area contributed by atoms with E-state index < -0.39 is 0 Å². The minimum absolute atomic E-state index is 0.636. The molecule has 0 saturated heterocycles. The van der Waals surface area contributed by atoms with Crippen LogP contribution >= 0.6 is 0 Å². The number of hydrogen-bond acceptors (Lipinski definition) is 2. The molecule has 0 spiro atoms. The Hall–Kier alpha value is -1.32. The second-order valence-electron chi connectivity index (χ2n) is 2.72. The number of aryl methyl sites for hydroxylation is 1. The van der Waals surface area contributed by atoms with Crippen LogP contribution in [0.25, 0.3) is 0 Å². The van der Waals surface area contributed by atoms with Gasteiger partial charge in [0.05, 0.1) is 5.84 Å². The van der Waals surface area contributed by atoms with Crippen LogP contribution in [0.2, 0.25) is 0 Å². The summed E-state index contributed by atoms with van der Waals surface area (Å²) in [6.07, 6.45) is 2.68. The molecule has 0 aliphatic heterocycles. The SMILES string of the molecule is CC(N)=NCCc1ccnn1C. The van der Waals surface area contributed by atoms with Gasteiger partial charge in [-0.2, -0.15) is 5.10 Å². The lowest BCUT2D eigenvalue weighted by molar-refractivity contribution is 0.706. The summed E-state index contributed by atoms with van der Waals surface area (Å²) in [5.74, 6) is 0.636. The molecule has 4 heteroatoms. The van der Waals surface area contributed by atoms with Crippen LogP contribution in [0.3, 0.4) is 0 Å². The number of amidine groups is 1. The fraction of sp³-hybridized carbons (Fsp3) is 0.500. The van der Waals surface area contributed by atoms with Crippen molar-refractivity contribution in [2.24, 2.45) is 17.8 Å². The van der Waals surface area contributed by atoms with Crippen LogP contribution in [-0.2, 0) is 13.5 Å². The molecule has 1 heterocycles. The highest BCUT2D eigenvalue weighted by Crippen LogP contribution is 1.97. The molecule has 0 bridgehead atoms. The van der Waals surface area contributed by atoms with Crippen LogP contribution in [0.1, 0.15) is 12.6 Å². The van der Waals surface area contributed by atoms with E-state index in [4.69, 9.17) is 5.73 Å². The van der Waals surface area contributed by atoms with Gasteiger partial charge in [0.25, 0.3) is 0 Å². The van der Waals surface area contributed by atoms with Gasteiger partial charge in [-0.05, 0) is 13.0 Å². The molecular formula is C8H14N4. The van der Waals surface area contributed by atoms with Crippen molar-refractivity contribution in [2.75, 3.05) is 6.54 Å². The van der Waals surface area contributed by atoms with Gasteiger partial charge >= 0.3 is 0 Å². The highest BCUT2D eigenvalue weighted by atomic mass is 15.3. The zero-order chi connectivity index (χ0) is 8.97. The fourth-order valence-corrected chi connectivity index (χ4v) is 0.993. The van der Waals surface area contributed by atoms with Crippen molar-refractivity contribution in [3.63, 3.8) is 0 Å². The molecule has 0 radical (unpaired) electrons. The van der Waals surface area contributed by atoms with Gasteiger partial charge in [0, 0.05) is 31.9 Å². The largest absolute Gasteiger partial charge is 0.388 e. The molecular weight excluding hydrogens is 152 g/mol. The summed E-state index contributed by atoms with van der Waals surface area (Å²) in [4.78, 5) is 4.09. The van der Waals surface area contributed by atoms with E-state index in [-0.39, 0.29) is 0 Å². The molecule has 0 saturated carbocycles. The van der Waals surface area contributed by atoms with E-state index in [2.05, 4.69) is 10.1 Å². The van der Waals surface area contributed by atoms with Crippen molar-refractivity contribution in [1.82, 2.24) is 9.78 Å². The molecule has 0 aromatic carbocycles. The van der Waals surface area contributed by atoms with Crippen LogP contribution in [-0.4, -0.2) is 22.2 Å². The van der Waals surface area contributed by atoms with E-state index in [1.807, 2.05) is 17.8 Å². The minimum atomic E-state index is 0.636. The molecule has 66 valence electrons. The maximum absolute atomic E-state index is 5.40. The normalized spacial score (nSPS) is 12.0. The van der Waals surface area contributed by atoms with Gasteiger partial charge in [0.15, 0.2) is 0 Å². The van der Waals surface area contributed by atoms with E-state index >= 15 is 0 Å². The van der Waals surface area contributed by atoms with Crippen molar-refractivity contribution in [2.45, 2.75) is 13.3 Å². The summed E-state index contributed by atoms with van der Waals surface area (Å²) in [5, 5.41) is 4.05. The molecule has 1 aromatic heterocycles. The van der Waals surface area contributed by atoms with E-state index in [0.717, 1.165) is 13.0 Å². The van der Waals surface area contributed by atoms with Crippen molar-refractivity contribution in [1.29, 1.82) is 0 Å². The first-order chi connectivity index (χ1) is 5.70. The standard InChI is InChI=1S/C8H14N4/c1-7(9)10-5-3-8-4-6-11-12(8)2/h4,6H,3,5H2,1-2H3,(H2,9,10). The van der Waals surface area contributed by atoms with Gasteiger partial charge in [-0.25, -0.2) is 0 Å². The fourth-order valence-electron chi connectivity index (χ4n) is 0.993. The lowest BCUT2D eigenvalue weighted by Gasteiger charge is -1.98. The molecule has 0 aliphatic rings. The predicted molar refractivity (Wildman–Crippen MR) is 49.1 cm³/mol. The third-order valence-corrected chi connectivity index (χ3v) is 1.65. The first kappa shape index (κ1) is 8.77. The summed E-state index contributed by atoms with van der Waals surface area (Å²) in [5.41, 5.74) is 6.58. The average Bonchev–Trinajstić information content (AvgIpc) is 2.36. The molecule has 1 aromatic rings. The molecule has 12 heavy (non-hydrogen) atoms. The van der Waals surface area contributed by atoms with Crippen LogP contribution in [0.15, 0.2) is 17.3 Å². The van der Waals surface area contributed by atoms with Gasteiger partial charge in [-0.1, -0.05) is 0 Å². The Labute approximate surface area is 72.1 Å². The Morgan fingerprint density at radius 3 is 3.00 bits per heavy atom. The molecule has 2 N–H and O–H groups in total. The Bertz CT molecular complexity index is 270. The van der Waals surface area contributed by atoms with Crippen molar-refractivity contribution >= 4 is 5.84 Å². The number of nitrogens with zero attached hydrogens (tertiary/aromatic N) is 3.